The van der Waals surface area contributed by atoms with E-state index in [9.17, 15) is 20.0 Å². The van der Waals surface area contributed by atoms with Crippen LogP contribution < -0.4 is 10.7 Å². The van der Waals surface area contributed by atoms with Crippen LogP contribution in [0.15, 0.2) is 41.5 Å². The summed E-state index contributed by atoms with van der Waals surface area (Å²) in [5.74, 6) is -0.557. The number of aromatic hydroxyl groups is 1. The first kappa shape index (κ1) is 17.9. The third-order valence-corrected chi connectivity index (χ3v) is 3.44. The molecule has 2 aromatic carbocycles. The topological polar surface area (TPSA) is 117 Å². The number of anilines is 1. The Morgan fingerprint density at radius 1 is 1.28 bits per heavy atom. The molecule has 0 aliphatic heterocycles. The Balaban J connectivity index is 1.92. The minimum Gasteiger partial charge on any atom is -0.507 e. The van der Waals surface area contributed by atoms with Crippen molar-refractivity contribution in [2.24, 2.45) is 5.10 Å². The van der Waals surface area contributed by atoms with Gasteiger partial charge in [-0.25, -0.2) is 5.43 Å². The lowest BCUT2D eigenvalue weighted by Crippen LogP contribution is -2.26. The van der Waals surface area contributed by atoms with Crippen molar-refractivity contribution in [2.45, 2.75) is 13.8 Å². The highest BCUT2D eigenvalue weighted by atomic mass is 16.6. The van der Waals surface area contributed by atoms with Crippen molar-refractivity contribution < 1.29 is 14.8 Å². The second kappa shape index (κ2) is 7.91. The maximum absolute atomic E-state index is 11.8. The summed E-state index contributed by atoms with van der Waals surface area (Å²) < 4.78 is 0. The van der Waals surface area contributed by atoms with Gasteiger partial charge in [-0.05, 0) is 31.5 Å². The quantitative estimate of drug-likeness (QED) is 0.423. The molecule has 130 valence electrons. The molecule has 2 rings (SSSR count). The highest BCUT2D eigenvalue weighted by Crippen LogP contribution is 2.21. The van der Waals surface area contributed by atoms with Crippen molar-refractivity contribution in [1.29, 1.82) is 0 Å². The molecular formula is C17H18N4O4. The number of hydrogen-bond acceptors (Lipinski definition) is 6. The number of aryl methyl sites for hydroxylation is 2. The first-order chi connectivity index (χ1) is 11.9. The number of non-ortho nitro benzene ring substituents is 1. The normalized spacial score (nSPS) is 10.6. The number of nitro benzene ring substituents is 1. The number of hydrazone groups is 1. The summed E-state index contributed by atoms with van der Waals surface area (Å²) in [6.45, 7) is 3.94. The number of nitro groups is 1. The molecule has 2 aromatic rings. The molecule has 8 heteroatoms. The third-order valence-electron chi connectivity index (χ3n) is 3.44. The van der Waals surface area contributed by atoms with Gasteiger partial charge in [0.2, 0.25) is 0 Å². The summed E-state index contributed by atoms with van der Waals surface area (Å²) in [7, 11) is 0. The van der Waals surface area contributed by atoms with Crippen LogP contribution in [0.3, 0.4) is 0 Å². The fourth-order valence-electron chi connectivity index (χ4n) is 2.16. The van der Waals surface area contributed by atoms with Crippen molar-refractivity contribution in [3.8, 4) is 5.75 Å². The summed E-state index contributed by atoms with van der Waals surface area (Å²) in [6.07, 6.45) is 1.15. The molecule has 25 heavy (non-hydrogen) atoms. The fraction of sp³-hybridized carbons (Fsp3) is 0.176. The molecule has 3 N–H and O–H groups in total. The van der Waals surface area contributed by atoms with E-state index in [1.807, 2.05) is 32.0 Å². The van der Waals surface area contributed by atoms with Crippen LogP contribution in [0.1, 0.15) is 16.7 Å². The Hall–Kier alpha value is -3.42. The van der Waals surface area contributed by atoms with Crippen molar-refractivity contribution in [1.82, 2.24) is 5.43 Å². The summed E-state index contributed by atoms with van der Waals surface area (Å²) in [6, 6.07) is 9.38. The molecule has 0 spiro atoms. The zero-order valence-corrected chi connectivity index (χ0v) is 13.8. The Morgan fingerprint density at radius 3 is 2.72 bits per heavy atom. The highest BCUT2D eigenvalue weighted by Gasteiger charge is 2.09. The number of nitrogens with zero attached hydrogens (tertiary/aromatic N) is 2. The van der Waals surface area contributed by atoms with Gasteiger partial charge in [-0.15, -0.1) is 0 Å². The van der Waals surface area contributed by atoms with Gasteiger partial charge in [0.05, 0.1) is 17.7 Å². The zero-order valence-electron chi connectivity index (χ0n) is 13.8. The van der Waals surface area contributed by atoms with Crippen molar-refractivity contribution in [3.63, 3.8) is 0 Å². The number of rotatable bonds is 6. The molecule has 8 nitrogen and oxygen atoms in total. The van der Waals surface area contributed by atoms with E-state index < -0.39 is 4.92 Å². The monoisotopic (exact) mass is 342 g/mol. The smallest absolute Gasteiger partial charge is 0.270 e. The predicted molar refractivity (Wildman–Crippen MR) is 94.9 cm³/mol. The van der Waals surface area contributed by atoms with Gasteiger partial charge >= 0.3 is 0 Å². The van der Waals surface area contributed by atoms with Crippen LogP contribution in [0.5, 0.6) is 5.75 Å². The number of phenolic OH excluding ortho intramolecular Hbond substituents is 1. The van der Waals surface area contributed by atoms with E-state index in [1.54, 1.807) is 0 Å². The van der Waals surface area contributed by atoms with Crippen molar-refractivity contribution in [3.05, 3.63) is 63.2 Å². The molecule has 0 heterocycles. The number of carbonyl (C=O) groups is 1. The third kappa shape index (κ3) is 5.03. The molecule has 0 radical (unpaired) electrons. The number of benzene rings is 2. The molecule has 0 fully saturated rings. The maximum atomic E-state index is 11.8. The molecule has 0 aliphatic rings. The van der Waals surface area contributed by atoms with Crippen LogP contribution in [0, 0.1) is 24.0 Å². The van der Waals surface area contributed by atoms with Gasteiger partial charge in [0.1, 0.15) is 5.75 Å². The Labute approximate surface area is 144 Å². The number of carbonyl (C=O) groups excluding carboxylic acids is 1. The van der Waals surface area contributed by atoms with E-state index in [-0.39, 0.29) is 29.5 Å². The Kier molecular flexibility index (Phi) is 5.67. The molecule has 0 aliphatic carbocycles. The largest absolute Gasteiger partial charge is 0.507 e. The average Bonchev–Trinajstić information content (AvgIpc) is 2.55. The molecule has 0 saturated heterocycles. The lowest BCUT2D eigenvalue weighted by atomic mass is 10.1. The van der Waals surface area contributed by atoms with Crippen LogP contribution >= 0.6 is 0 Å². The fourth-order valence-corrected chi connectivity index (χ4v) is 2.16. The van der Waals surface area contributed by atoms with Crippen LogP contribution in [-0.2, 0) is 4.79 Å². The van der Waals surface area contributed by atoms with Gasteiger partial charge in [-0.3, -0.25) is 14.9 Å². The molecule has 0 unspecified atom stereocenters. The summed E-state index contributed by atoms with van der Waals surface area (Å²) in [5, 5.41) is 27.1. The molecule has 0 aromatic heterocycles. The Morgan fingerprint density at radius 2 is 2.04 bits per heavy atom. The second-order valence-electron chi connectivity index (χ2n) is 5.47. The van der Waals surface area contributed by atoms with E-state index in [2.05, 4.69) is 15.8 Å². The Bertz CT molecular complexity index is 833. The minimum absolute atomic E-state index is 0.0160. The number of amides is 1. The summed E-state index contributed by atoms with van der Waals surface area (Å²) in [5.41, 5.74) is 5.26. The maximum Gasteiger partial charge on any atom is 0.270 e. The van der Waals surface area contributed by atoms with Crippen molar-refractivity contribution >= 4 is 23.5 Å². The van der Waals surface area contributed by atoms with E-state index >= 15 is 0 Å². The van der Waals surface area contributed by atoms with Crippen LogP contribution in [-0.4, -0.2) is 28.7 Å². The van der Waals surface area contributed by atoms with Crippen LogP contribution in [0.25, 0.3) is 0 Å². The molecular weight excluding hydrogens is 324 g/mol. The van der Waals surface area contributed by atoms with E-state index in [0.717, 1.165) is 23.0 Å². The van der Waals surface area contributed by atoms with Gasteiger partial charge in [0.25, 0.3) is 11.6 Å². The van der Waals surface area contributed by atoms with E-state index in [1.165, 1.54) is 18.2 Å². The average molecular weight is 342 g/mol. The standard InChI is InChI=1S/C17H18N4O4/c1-11-3-5-15(12(2)7-11)18-10-17(23)20-19-9-13-8-14(21(24)25)4-6-16(13)22/h3-9,18,22H,10H2,1-2H3,(H,20,23). The highest BCUT2D eigenvalue weighted by molar-refractivity contribution is 5.87. The molecule has 0 bridgehead atoms. The first-order valence-corrected chi connectivity index (χ1v) is 7.47. The van der Waals surface area contributed by atoms with Gasteiger partial charge in [0, 0.05) is 23.4 Å². The van der Waals surface area contributed by atoms with Gasteiger partial charge in [-0.2, -0.15) is 5.10 Å². The van der Waals surface area contributed by atoms with Gasteiger partial charge < -0.3 is 10.4 Å². The zero-order chi connectivity index (χ0) is 18.4. The first-order valence-electron chi connectivity index (χ1n) is 7.47. The van der Waals surface area contributed by atoms with Gasteiger partial charge in [-0.1, -0.05) is 17.7 Å². The molecule has 1 amide bonds. The van der Waals surface area contributed by atoms with E-state index in [4.69, 9.17) is 0 Å². The lowest BCUT2D eigenvalue weighted by Gasteiger charge is -2.09. The summed E-state index contributed by atoms with van der Waals surface area (Å²) in [4.78, 5) is 21.9. The number of phenols is 1. The number of hydrogen-bond donors (Lipinski definition) is 3. The van der Waals surface area contributed by atoms with Crippen LogP contribution in [0.2, 0.25) is 0 Å². The van der Waals surface area contributed by atoms with Crippen LogP contribution in [0.4, 0.5) is 11.4 Å². The predicted octanol–water partition coefficient (Wildman–Crippen LogP) is 2.48. The second-order valence-corrected chi connectivity index (χ2v) is 5.47. The molecule has 0 atom stereocenters. The molecule has 0 saturated carbocycles. The summed E-state index contributed by atoms with van der Waals surface area (Å²) >= 11 is 0. The SMILES string of the molecule is Cc1ccc(NCC(=O)NN=Cc2cc([N+](=O)[O-])ccc2O)c(C)c1. The van der Waals surface area contributed by atoms with Gasteiger partial charge in [0.15, 0.2) is 0 Å². The minimum atomic E-state index is -0.580. The lowest BCUT2D eigenvalue weighted by molar-refractivity contribution is -0.384. The van der Waals surface area contributed by atoms with Crippen molar-refractivity contribution in [2.75, 3.05) is 11.9 Å². The number of nitrogens with one attached hydrogen (secondary N) is 2. The van der Waals surface area contributed by atoms with E-state index in [0.29, 0.717) is 0 Å².